The fourth-order valence-electron chi connectivity index (χ4n) is 6.73. The summed E-state index contributed by atoms with van der Waals surface area (Å²) >= 11 is 0. The van der Waals surface area contributed by atoms with Crippen molar-refractivity contribution in [2.75, 3.05) is 0 Å². The second-order valence-corrected chi connectivity index (χ2v) is 11.0. The van der Waals surface area contributed by atoms with Gasteiger partial charge in [0, 0.05) is 5.41 Å². The highest BCUT2D eigenvalue weighted by Crippen LogP contribution is 2.50. The maximum absolute atomic E-state index is 2.38. The first-order chi connectivity index (χ1) is 18.1. The summed E-state index contributed by atoms with van der Waals surface area (Å²) in [6.07, 6.45) is 0. The number of benzene rings is 7. The van der Waals surface area contributed by atoms with Gasteiger partial charge in [-0.3, -0.25) is 0 Å². The van der Waals surface area contributed by atoms with Gasteiger partial charge in [-0.05, 0) is 94.7 Å². The largest absolute Gasteiger partial charge is 0.0619 e. The SMILES string of the molecule is CC1(C)c2ccccc2-c2cccc3c(-c4ccc5cc6ccc7ccccc7c6cc5c4)ccc1c23. The Hall–Kier alpha value is -4.42. The molecule has 0 amide bonds. The first kappa shape index (κ1) is 20.7. The van der Waals surface area contributed by atoms with Crippen LogP contribution < -0.4 is 0 Å². The molecule has 0 saturated carbocycles. The first-order valence-corrected chi connectivity index (χ1v) is 13.1. The summed E-state index contributed by atoms with van der Waals surface area (Å²) in [6.45, 7) is 4.73. The van der Waals surface area contributed by atoms with E-state index in [0.29, 0.717) is 0 Å². The molecule has 0 unspecified atom stereocenters. The van der Waals surface area contributed by atoms with E-state index in [2.05, 4.69) is 135 Å². The second-order valence-electron chi connectivity index (χ2n) is 11.0. The average Bonchev–Trinajstić information content (AvgIpc) is 2.94. The molecule has 0 atom stereocenters. The second kappa shape index (κ2) is 7.31. The van der Waals surface area contributed by atoms with E-state index in [0.717, 1.165) is 0 Å². The molecule has 0 fully saturated rings. The van der Waals surface area contributed by atoms with Crippen LogP contribution in [0.15, 0.2) is 121 Å². The third-order valence-corrected chi connectivity index (χ3v) is 8.62. The Morgan fingerprint density at radius 2 is 1.16 bits per heavy atom. The minimum atomic E-state index is -0.0366. The van der Waals surface area contributed by atoms with Crippen molar-refractivity contribution in [3.63, 3.8) is 0 Å². The Kier molecular flexibility index (Phi) is 4.10. The molecule has 0 nitrogen and oxygen atoms in total. The molecule has 0 heteroatoms. The van der Waals surface area contributed by atoms with Crippen LogP contribution in [0.3, 0.4) is 0 Å². The van der Waals surface area contributed by atoms with E-state index in [-0.39, 0.29) is 5.41 Å². The standard InChI is InChI=1S/C37H26/c1-37(2)34-13-6-5-10-30(34)32-12-7-11-31-29(18-19-35(37)36(31)32)25-17-15-24-20-26-16-14-23-8-3-4-9-28(23)33(26)22-27(24)21-25/h3-22H,1-2H3. The molecule has 37 heavy (non-hydrogen) atoms. The summed E-state index contributed by atoms with van der Waals surface area (Å²) in [6, 6.07) is 45.3. The average molecular weight is 471 g/mol. The Morgan fingerprint density at radius 3 is 2.11 bits per heavy atom. The minimum Gasteiger partial charge on any atom is -0.0619 e. The van der Waals surface area contributed by atoms with Crippen LogP contribution in [0.1, 0.15) is 25.0 Å². The smallest absolute Gasteiger partial charge is 0.0159 e. The molecule has 0 bridgehead atoms. The van der Waals surface area contributed by atoms with Crippen molar-refractivity contribution in [3.8, 4) is 22.3 Å². The van der Waals surface area contributed by atoms with Gasteiger partial charge in [-0.1, -0.05) is 117 Å². The molecule has 0 aliphatic heterocycles. The lowest BCUT2D eigenvalue weighted by molar-refractivity contribution is 0.645. The lowest BCUT2D eigenvalue weighted by atomic mass is 9.68. The van der Waals surface area contributed by atoms with Gasteiger partial charge >= 0.3 is 0 Å². The van der Waals surface area contributed by atoms with Gasteiger partial charge in [0.25, 0.3) is 0 Å². The molecule has 0 heterocycles. The van der Waals surface area contributed by atoms with Crippen LogP contribution in [0.25, 0.3) is 65.3 Å². The van der Waals surface area contributed by atoms with E-state index >= 15 is 0 Å². The highest BCUT2D eigenvalue weighted by Gasteiger charge is 2.33. The van der Waals surface area contributed by atoms with Crippen LogP contribution in [0.5, 0.6) is 0 Å². The summed E-state index contributed by atoms with van der Waals surface area (Å²) in [5.74, 6) is 0. The van der Waals surface area contributed by atoms with Crippen molar-refractivity contribution < 1.29 is 0 Å². The first-order valence-electron chi connectivity index (χ1n) is 13.1. The molecule has 1 aliphatic carbocycles. The predicted octanol–water partition coefficient (Wildman–Crippen LogP) is 10.3. The summed E-state index contributed by atoms with van der Waals surface area (Å²) < 4.78 is 0. The van der Waals surface area contributed by atoms with Crippen LogP contribution in [-0.2, 0) is 5.41 Å². The van der Waals surface area contributed by atoms with E-state index in [1.54, 1.807) is 0 Å². The molecule has 0 N–H and O–H groups in total. The van der Waals surface area contributed by atoms with E-state index in [9.17, 15) is 0 Å². The van der Waals surface area contributed by atoms with E-state index < -0.39 is 0 Å². The van der Waals surface area contributed by atoms with Crippen molar-refractivity contribution in [1.29, 1.82) is 0 Å². The zero-order valence-electron chi connectivity index (χ0n) is 21.0. The van der Waals surface area contributed by atoms with Crippen LogP contribution in [0.2, 0.25) is 0 Å². The van der Waals surface area contributed by atoms with Gasteiger partial charge in [-0.25, -0.2) is 0 Å². The maximum atomic E-state index is 2.38. The minimum absolute atomic E-state index is 0.0366. The van der Waals surface area contributed by atoms with Gasteiger partial charge in [0.15, 0.2) is 0 Å². The summed E-state index contributed by atoms with van der Waals surface area (Å²) in [4.78, 5) is 0. The third-order valence-electron chi connectivity index (χ3n) is 8.62. The normalized spacial score (nSPS) is 13.9. The molecule has 0 saturated heterocycles. The van der Waals surface area contributed by atoms with Gasteiger partial charge < -0.3 is 0 Å². The van der Waals surface area contributed by atoms with Crippen molar-refractivity contribution in [2.24, 2.45) is 0 Å². The van der Waals surface area contributed by atoms with Crippen LogP contribution in [-0.4, -0.2) is 0 Å². The highest BCUT2D eigenvalue weighted by molar-refractivity contribution is 6.13. The summed E-state index contributed by atoms with van der Waals surface area (Å²) in [5, 5.41) is 10.5. The van der Waals surface area contributed by atoms with Crippen molar-refractivity contribution in [3.05, 3.63) is 132 Å². The van der Waals surface area contributed by atoms with E-state index in [1.165, 1.54) is 76.5 Å². The van der Waals surface area contributed by atoms with Gasteiger partial charge in [0.05, 0.1) is 0 Å². The van der Waals surface area contributed by atoms with Crippen LogP contribution in [0.4, 0.5) is 0 Å². The Bertz CT molecular complexity index is 2060. The third kappa shape index (κ3) is 2.84. The molecule has 1 aliphatic rings. The van der Waals surface area contributed by atoms with Crippen molar-refractivity contribution in [2.45, 2.75) is 19.3 Å². The van der Waals surface area contributed by atoms with E-state index in [4.69, 9.17) is 0 Å². The zero-order valence-corrected chi connectivity index (χ0v) is 21.0. The van der Waals surface area contributed by atoms with Crippen LogP contribution in [0, 0.1) is 0 Å². The number of hydrogen-bond donors (Lipinski definition) is 0. The number of fused-ring (bicyclic) bond motifs is 6. The van der Waals surface area contributed by atoms with Gasteiger partial charge in [0.1, 0.15) is 0 Å². The molecule has 0 radical (unpaired) electrons. The Morgan fingerprint density at radius 1 is 0.405 bits per heavy atom. The Labute approximate surface area is 216 Å². The van der Waals surface area contributed by atoms with E-state index in [1.807, 2.05) is 0 Å². The molecular formula is C37H26. The monoisotopic (exact) mass is 470 g/mol. The molecule has 7 aromatic carbocycles. The predicted molar refractivity (Wildman–Crippen MR) is 159 cm³/mol. The van der Waals surface area contributed by atoms with Crippen LogP contribution >= 0.6 is 0 Å². The highest BCUT2D eigenvalue weighted by atomic mass is 14.4. The number of rotatable bonds is 1. The lowest BCUT2D eigenvalue weighted by Gasteiger charge is -2.35. The lowest BCUT2D eigenvalue weighted by Crippen LogP contribution is -2.23. The zero-order chi connectivity index (χ0) is 24.7. The molecule has 8 rings (SSSR count). The number of hydrogen-bond acceptors (Lipinski definition) is 0. The van der Waals surface area contributed by atoms with Gasteiger partial charge in [0.2, 0.25) is 0 Å². The molecular weight excluding hydrogens is 444 g/mol. The van der Waals surface area contributed by atoms with Crippen molar-refractivity contribution >= 4 is 43.1 Å². The quantitative estimate of drug-likeness (QED) is 0.165. The molecule has 0 spiro atoms. The topological polar surface area (TPSA) is 0 Å². The molecule has 0 aromatic heterocycles. The summed E-state index contributed by atoms with van der Waals surface area (Å²) in [5.41, 5.74) is 8.07. The fourth-order valence-corrected chi connectivity index (χ4v) is 6.73. The molecule has 174 valence electrons. The molecule has 7 aromatic rings. The Balaban J connectivity index is 1.40. The van der Waals surface area contributed by atoms with Gasteiger partial charge in [-0.2, -0.15) is 0 Å². The maximum Gasteiger partial charge on any atom is 0.0159 e. The summed E-state index contributed by atoms with van der Waals surface area (Å²) in [7, 11) is 0. The van der Waals surface area contributed by atoms with Gasteiger partial charge in [-0.15, -0.1) is 0 Å². The van der Waals surface area contributed by atoms with Crippen molar-refractivity contribution in [1.82, 2.24) is 0 Å². The fraction of sp³-hybridized carbons (Fsp3) is 0.0811.